The highest BCUT2D eigenvalue weighted by atomic mass is 79.9. The largest absolute Gasteiger partial charge is 0.289 e. The van der Waals surface area contributed by atoms with Gasteiger partial charge >= 0.3 is 0 Å². The maximum absolute atomic E-state index is 12.0. The molecule has 0 spiro atoms. The van der Waals surface area contributed by atoms with E-state index in [1.165, 1.54) is 0 Å². The molecule has 0 atom stereocenters. The molecular weight excluding hydrogens is 356 g/mol. The molecule has 5 nitrogen and oxygen atoms in total. The predicted octanol–water partition coefficient (Wildman–Crippen LogP) is 2.96. The molecule has 0 saturated heterocycles. The summed E-state index contributed by atoms with van der Waals surface area (Å²) in [7, 11) is 0. The molecule has 0 saturated carbocycles. The zero-order valence-corrected chi connectivity index (χ0v) is 13.8. The van der Waals surface area contributed by atoms with Crippen molar-refractivity contribution in [3.63, 3.8) is 0 Å². The van der Waals surface area contributed by atoms with Crippen LogP contribution in [0.15, 0.2) is 65.1 Å². The third kappa shape index (κ3) is 3.49. The first kappa shape index (κ1) is 15.5. The molecule has 3 aromatic rings. The Bertz CT molecular complexity index is 812. The average molecular weight is 371 g/mol. The predicted molar refractivity (Wildman–Crippen MR) is 92.6 cm³/mol. The molecule has 0 aliphatic heterocycles. The van der Waals surface area contributed by atoms with E-state index in [1.54, 1.807) is 10.7 Å². The van der Waals surface area contributed by atoms with E-state index in [-0.39, 0.29) is 5.91 Å². The highest BCUT2D eigenvalue weighted by molar-refractivity contribution is 9.10. The van der Waals surface area contributed by atoms with Gasteiger partial charge < -0.3 is 0 Å². The Labute approximate surface area is 142 Å². The minimum Gasteiger partial charge on any atom is -0.289 e. The fourth-order valence-corrected chi connectivity index (χ4v) is 2.58. The molecular formula is C17H15BrN4O. The summed E-state index contributed by atoms with van der Waals surface area (Å²) in [6.45, 7) is 0.500. The van der Waals surface area contributed by atoms with E-state index in [2.05, 4.69) is 26.5 Å². The first-order chi connectivity index (χ1) is 11.2. The molecule has 0 unspecified atom stereocenters. The van der Waals surface area contributed by atoms with Crippen molar-refractivity contribution >= 4 is 21.8 Å². The van der Waals surface area contributed by atoms with Crippen molar-refractivity contribution in [2.24, 2.45) is 5.84 Å². The highest BCUT2D eigenvalue weighted by Gasteiger charge is 2.15. The molecule has 0 bridgehead atoms. The van der Waals surface area contributed by atoms with Gasteiger partial charge in [-0.3, -0.25) is 14.9 Å². The molecule has 1 amide bonds. The molecule has 0 fully saturated rings. The zero-order valence-electron chi connectivity index (χ0n) is 12.2. The zero-order chi connectivity index (χ0) is 16.2. The van der Waals surface area contributed by atoms with Gasteiger partial charge in [0.1, 0.15) is 5.69 Å². The topological polar surface area (TPSA) is 72.9 Å². The van der Waals surface area contributed by atoms with Gasteiger partial charge in [-0.25, -0.2) is 5.84 Å². The monoisotopic (exact) mass is 370 g/mol. The van der Waals surface area contributed by atoms with Crippen LogP contribution in [0.1, 0.15) is 16.1 Å². The third-order valence-electron chi connectivity index (χ3n) is 3.46. The number of nitrogens with two attached hydrogens (primary N) is 1. The molecule has 23 heavy (non-hydrogen) atoms. The molecule has 0 aliphatic rings. The van der Waals surface area contributed by atoms with Gasteiger partial charge in [0.05, 0.1) is 12.2 Å². The summed E-state index contributed by atoms with van der Waals surface area (Å²) in [5.74, 6) is 4.92. The van der Waals surface area contributed by atoms with Crippen LogP contribution in [0.3, 0.4) is 0 Å². The van der Waals surface area contributed by atoms with E-state index in [1.807, 2.05) is 54.6 Å². The summed E-state index contributed by atoms with van der Waals surface area (Å²) in [6, 6.07) is 19.4. The summed E-state index contributed by atoms with van der Waals surface area (Å²) in [5.41, 5.74) is 5.32. The molecule has 6 heteroatoms. The van der Waals surface area contributed by atoms with Crippen molar-refractivity contribution in [2.75, 3.05) is 0 Å². The molecule has 2 aromatic carbocycles. The van der Waals surface area contributed by atoms with Gasteiger partial charge in [-0.2, -0.15) is 5.10 Å². The number of rotatable bonds is 4. The van der Waals surface area contributed by atoms with Crippen molar-refractivity contribution in [1.29, 1.82) is 0 Å². The molecule has 1 aromatic heterocycles. The Balaban J connectivity index is 2.00. The van der Waals surface area contributed by atoms with Crippen molar-refractivity contribution in [3.05, 3.63) is 76.4 Å². The van der Waals surface area contributed by atoms with Gasteiger partial charge in [-0.15, -0.1) is 0 Å². The van der Waals surface area contributed by atoms with Crippen LogP contribution in [-0.4, -0.2) is 15.7 Å². The average Bonchev–Trinajstić information content (AvgIpc) is 2.99. The van der Waals surface area contributed by atoms with Gasteiger partial charge in [0.25, 0.3) is 5.91 Å². The minimum atomic E-state index is -0.364. The number of hydrogen-bond acceptors (Lipinski definition) is 3. The fourth-order valence-electron chi connectivity index (χ4n) is 2.31. The lowest BCUT2D eigenvalue weighted by atomic mass is 10.1. The van der Waals surface area contributed by atoms with Crippen molar-refractivity contribution in [1.82, 2.24) is 15.2 Å². The number of nitrogens with one attached hydrogen (secondary N) is 1. The van der Waals surface area contributed by atoms with Crippen LogP contribution in [0.2, 0.25) is 0 Å². The molecule has 1 heterocycles. The van der Waals surface area contributed by atoms with Crippen LogP contribution in [0.5, 0.6) is 0 Å². The van der Waals surface area contributed by atoms with Gasteiger partial charge in [0.15, 0.2) is 0 Å². The summed E-state index contributed by atoms with van der Waals surface area (Å²) < 4.78 is 2.65. The van der Waals surface area contributed by atoms with Gasteiger partial charge in [-0.1, -0.05) is 58.4 Å². The van der Waals surface area contributed by atoms with Gasteiger partial charge in [-0.05, 0) is 23.8 Å². The summed E-state index contributed by atoms with van der Waals surface area (Å²) >= 11 is 3.41. The summed E-state index contributed by atoms with van der Waals surface area (Å²) in [5, 5.41) is 4.56. The number of nitrogen functional groups attached to an aromatic ring is 1. The summed E-state index contributed by atoms with van der Waals surface area (Å²) in [6.07, 6.45) is 0. The summed E-state index contributed by atoms with van der Waals surface area (Å²) in [4.78, 5) is 12.0. The number of carbonyl (C=O) groups excluding carboxylic acids is 1. The van der Waals surface area contributed by atoms with Gasteiger partial charge in [0.2, 0.25) is 0 Å². The molecule has 0 radical (unpaired) electrons. The molecule has 3 rings (SSSR count). The highest BCUT2D eigenvalue weighted by Crippen LogP contribution is 2.22. The Morgan fingerprint density at radius 1 is 1.13 bits per heavy atom. The van der Waals surface area contributed by atoms with E-state index in [0.717, 1.165) is 21.3 Å². The van der Waals surface area contributed by atoms with Crippen LogP contribution in [0.25, 0.3) is 11.3 Å². The number of hydrogen-bond donors (Lipinski definition) is 2. The van der Waals surface area contributed by atoms with Crippen LogP contribution in [-0.2, 0) is 6.54 Å². The first-order valence-corrected chi connectivity index (χ1v) is 7.85. The Kier molecular flexibility index (Phi) is 4.55. The second-order valence-corrected chi connectivity index (χ2v) is 5.95. The lowest BCUT2D eigenvalue weighted by Crippen LogP contribution is -2.32. The van der Waals surface area contributed by atoms with Crippen molar-refractivity contribution in [2.45, 2.75) is 6.54 Å². The lowest BCUT2D eigenvalue weighted by molar-refractivity contribution is 0.0943. The molecule has 116 valence electrons. The fraction of sp³-hybridized carbons (Fsp3) is 0.0588. The standard InChI is InChI=1S/C17H15BrN4O/c18-14-8-6-13(7-9-14)15-10-16(17(23)20-19)22(21-15)11-12-4-2-1-3-5-12/h1-10H,11,19H2,(H,20,23). The van der Waals surface area contributed by atoms with E-state index in [4.69, 9.17) is 5.84 Å². The smallest absolute Gasteiger partial charge is 0.283 e. The van der Waals surface area contributed by atoms with Crippen LogP contribution < -0.4 is 11.3 Å². The third-order valence-corrected chi connectivity index (χ3v) is 3.99. The maximum Gasteiger partial charge on any atom is 0.283 e. The van der Waals surface area contributed by atoms with Crippen molar-refractivity contribution in [3.8, 4) is 11.3 Å². The Morgan fingerprint density at radius 2 is 1.83 bits per heavy atom. The second-order valence-electron chi connectivity index (χ2n) is 5.04. The SMILES string of the molecule is NNC(=O)c1cc(-c2ccc(Br)cc2)nn1Cc1ccccc1. The normalized spacial score (nSPS) is 10.5. The number of carbonyl (C=O) groups is 1. The quantitative estimate of drug-likeness (QED) is 0.421. The van der Waals surface area contributed by atoms with E-state index in [9.17, 15) is 4.79 Å². The number of nitrogens with zero attached hydrogens (tertiary/aromatic N) is 2. The number of hydrazine groups is 1. The minimum absolute atomic E-state index is 0.364. The van der Waals surface area contributed by atoms with Gasteiger partial charge in [0, 0.05) is 10.0 Å². The molecule has 0 aliphatic carbocycles. The second kappa shape index (κ2) is 6.76. The van der Waals surface area contributed by atoms with Crippen LogP contribution >= 0.6 is 15.9 Å². The Hall–Kier alpha value is -2.44. The molecule has 3 N–H and O–H groups in total. The van der Waals surface area contributed by atoms with E-state index < -0.39 is 0 Å². The lowest BCUT2D eigenvalue weighted by Gasteiger charge is -2.06. The number of aromatic nitrogens is 2. The van der Waals surface area contributed by atoms with E-state index in [0.29, 0.717) is 12.2 Å². The first-order valence-electron chi connectivity index (χ1n) is 7.06. The number of benzene rings is 2. The van der Waals surface area contributed by atoms with E-state index >= 15 is 0 Å². The number of halogens is 1. The van der Waals surface area contributed by atoms with Crippen LogP contribution in [0, 0.1) is 0 Å². The Morgan fingerprint density at radius 3 is 2.48 bits per heavy atom. The van der Waals surface area contributed by atoms with Crippen LogP contribution in [0.4, 0.5) is 0 Å². The maximum atomic E-state index is 12.0. The number of amides is 1. The van der Waals surface area contributed by atoms with Crippen molar-refractivity contribution < 1.29 is 4.79 Å².